The van der Waals surface area contributed by atoms with E-state index in [1.165, 1.54) is 28.2 Å². The predicted octanol–water partition coefficient (Wildman–Crippen LogP) is 1.18. The zero-order valence-electron chi connectivity index (χ0n) is 12.3. The number of likely N-dealkylation sites (tertiary alicyclic amines) is 1. The van der Waals surface area contributed by atoms with Crippen LogP contribution < -0.4 is 0 Å². The molecule has 0 spiro atoms. The first-order valence-corrected chi connectivity index (χ1v) is 7.48. The average Bonchev–Trinajstić information content (AvgIpc) is 3.05. The van der Waals surface area contributed by atoms with Gasteiger partial charge in [0.1, 0.15) is 6.04 Å². The van der Waals surface area contributed by atoms with Crippen LogP contribution in [0.25, 0.3) is 0 Å². The van der Waals surface area contributed by atoms with Crippen LogP contribution in [-0.2, 0) is 16.1 Å². The molecular formula is C13H19N3O4S. The van der Waals surface area contributed by atoms with Crippen molar-refractivity contribution in [2.24, 2.45) is 0 Å². The Balaban J connectivity index is 2.07. The van der Waals surface area contributed by atoms with Crippen molar-refractivity contribution in [3.05, 3.63) is 16.1 Å². The number of amides is 2. The minimum Gasteiger partial charge on any atom is -0.480 e. The summed E-state index contributed by atoms with van der Waals surface area (Å²) in [6.45, 7) is 2.62. The first-order valence-electron chi connectivity index (χ1n) is 6.60. The number of aryl methyl sites for hydroxylation is 1. The molecule has 0 bridgehead atoms. The monoisotopic (exact) mass is 313 g/mol. The van der Waals surface area contributed by atoms with Gasteiger partial charge in [-0.1, -0.05) is 0 Å². The van der Waals surface area contributed by atoms with E-state index >= 15 is 0 Å². The summed E-state index contributed by atoms with van der Waals surface area (Å²) in [5, 5.41) is 9.25. The van der Waals surface area contributed by atoms with Crippen molar-refractivity contribution in [2.45, 2.75) is 32.0 Å². The first-order chi connectivity index (χ1) is 9.93. The number of carboxylic acid groups (broad SMARTS) is 1. The molecule has 1 aromatic heterocycles. The Morgan fingerprint density at radius 2 is 2.33 bits per heavy atom. The van der Waals surface area contributed by atoms with Gasteiger partial charge in [-0.25, -0.2) is 14.6 Å². The van der Waals surface area contributed by atoms with Gasteiger partial charge in [-0.3, -0.25) is 0 Å². The maximum atomic E-state index is 12.5. The van der Waals surface area contributed by atoms with Crippen LogP contribution in [0.4, 0.5) is 4.79 Å². The lowest BCUT2D eigenvalue weighted by Gasteiger charge is -2.27. The molecule has 0 aliphatic carbocycles. The lowest BCUT2D eigenvalue weighted by molar-refractivity contribution is -0.141. The van der Waals surface area contributed by atoms with E-state index in [4.69, 9.17) is 4.74 Å². The van der Waals surface area contributed by atoms with E-state index in [2.05, 4.69) is 4.98 Å². The predicted molar refractivity (Wildman–Crippen MR) is 77.3 cm³/mol. The maximum Gasteiger partial charge on any atom is 0.326 e. The molecule has 1 aliphatic rings. The molecule has 1 fully saturated rings. The molecule has 8 heteroatoms. The number of thiazole rings is 1. The summed E-state index contributed by atoms with van der Waals surface area (Å²) in [5.74, 6) is -0.995. The third kappa shape index (κ3) is 3.33. The Bertz CT molecular complexity index is 533. The Morgan fingerprint density at radius 1 is 1.62 bits per heavy atom. The molecule has 0 aromatic carbocycles. The maximum absolute atomic E-state index is 12.5. The van der Waals surface area contributed by atoms with Crippen molar-refractivity contribution < 1.29 is 19.4 Å². The third-order valence-electron chi connectivity index (χ3n) is 3.68. The Hall–Kier alpha value is -1.67. The van der Waals surface area contributed by atoms with Gasteiger partial charge >= 0.3 is 12.0 Å². The number of methoxy groups -OCH3 is 1. The first kappa shape index (κ1) is 15.7. The fourth-order valence-corrected chi connectivity index (χ4v) is 3.22. The number of aliphatic carboxylic acids is 1. The van der Waals surface area contributed by atoms with Crippen LogP contribution in [-0.4, -0.2) is 64.7 Å². The van der Waals surface area contributed by atoms with E-state index in [-0.39, 0.29) is 12.1 Å². The summed E-state index contributed by atoms with van der Waals surface area (Å²) in [6, 6.07) is -1.12. The zero-order chi connectivity index (χ0) is 15.6. The van der Waals surface area contributed by atoms with E-state index in [0.717, 1.165) is 10.6 Å². The Labute approximate surface area is 127 Å². The fourth-order valence-electron chi connectivity index (χ4n) is 2.39. The topological polar surface area (TPSA) is 83.0 Å². The second kappa shape index (κ2) is 6.40. The number of carbonyl (C=O) groups excluding carboxylic acids is 1. The summed E-state index contributed by atoms with van der Waals surface area (Å²) in [5.41, 5.74) is 2.63. The highest BCUT2D eigenvalue weighted by Crippen LogP contribution is 2.23. The van der Waals surface area contributed by atoms with Gasteiger partial charge in [0, 0.05) is 32.0 Å². The molecule has 0 radical (unpaired) electrons. The summed E-state index contributed by atoms with van der Waals surface area (Å²) in [6.07, 6.45) is 0.0962. The number of hydrogen-bond acceptors (Lipinski definition) is 5. The third-order valence-corrected chi connectivity index (χ3v) is 4.60. The minimum absolute atomic E-state index is 0.228. The van der Waals surface area contributed by atoms with Crippen LogP contribution in [0.15, 0.2) is 5.51 Å². The molecular weight excluding hydrogens is 294 g/mol. The molecule has 116 valence electrons. The van der Waals surface area contributed by atoms with Crippen molar-refractivity contribution in [3.8, 4) is 0 Å². The van der Waals surface area contributed by atoms with Crippen molar-refractivity contribution in [3.63, 3.8) is 0 Å². The Morgan fingerprint density at radius 3 is 2.86 bits per heavy atom. The van der Waals surface area contributed by atoms with E-state index in [9.17, 15) is 14.7 Å². The summed E-state index contributed by atoms with van der Waals surface area (Å²) in [7, 11) is 3.20. The number of carbonyl (C=O) groups is 2. The number of carboxylic acids is 1. The van der Waals surface area contributed by atoms with Gasteiger partial charge in [-0.05, 0) is 6.92 Å². The lowest BCUT2D eigenvalue weighted by Crippen LogP contribution is -2.46. The molecule has 2 heterocycles. The number of urea groups is 1. The summed E-state index contributed by atoms with van der Waals surface area (Å²) < 4.78 is 5.19. The molecule has 2 atom stereocenters. The number of nitrogens with zero attached hydrogens (tertiary/aromatic N) is 3. The minimum atomic E-state index is -0.995. The number of rotatable bonds is 4. The van der Waals surface area contributed by atoms with Gasteiger partial charge in [-0.2, -0.15) is 0 Å². The molecule has 21 heavy (non-hydrogen) atoms. The van der Waals surface area contributed by atoms with Gasteiger partial charge in [0.15, 0.2) is 0 Å². The SMILES string of the molecule is COC1CC(C(=O)O)N(C(=O)N(C)Cc2scnc2C)C1. The molecule has 1 saturated heterocycles. The molecule has 1 aromatic rings. The largest absolute Gasteiger partial charge is 0.480 e. The van der Waals surface area contributed by atoms with E-state index in [1.807, 2.05) is 6.92 Å². The molecule has 7 nitrogen and oxygen atoms in total. The highest BCUT2D eigenvalue weighted by atomic mass is 32.1. The second-order valence-corrected chi connectivity index (χ2v) is 6.04. The summed E-state index contributed by atoms with van der Waals surface area (Å²) in [4.78, 5) is 31.8. The van der Waals surface area contributed by atoms with Gasteiger partial charge in [0.2, 0.25) is 0 Å². The smallest absolute Gasteiger partial charge is 0.326 e. The van der Waals surface area contributed by atoms with E-state index in [1.54, 1.807) is 12.6 Å². The molecule has 1 N–H and O–H groups in total. The Kier molecular flexibility index (Phi) is 4.79. The standard InChI is InChI=1S/C13H19N3O4S/c1-8-11(21-7-14-8)6-15(2)13(19)16-5-9(20-3)4-10(16)12(17)18/h7,9-10H,4-6H2,1-3H3,(H,17,18). The van der Waals surface area contributed by atoms with Crippen LogP contribution in [0.3, 0.4) is 0 Å². The van der Waals surface area contributed by atoms with Crippen molar-refractivity contribution >= 4 is 23.3 Å². The van der Waals surface area contributed by atoms with Gasteiger partial charge in [0.25, 0.3) is 0 Å². The quantitative estimate of drug-likeness (QED) is 0.902. The van der Waals surface area contributed by atoms with Crippen LogP contribution in [0.5, 0.6) is 0 Å². The number of hydrogen-bond donors (Lipinski definition) is 1. The van der Waals surface area contributed by atoms with Crippen LogP contribution in [0, 0.1) is 6.92 Å². The van der Waals surface area contributed by atoms with Crippen molar-refractivity contribution in [2.75, 3.05) is 20.7 Å². The number of aromatic nitrogens is 1. The molecule has 0 saturated carbocycles. The molecule has 1 aliphatic heterocycles. The van der Waals surface area contributed by atoms with Crippen molar-refractivity contribution in [1.82, 2.24) is 14.8 Å². The van der Waals surface area contributed by atoms with Crippen LogP contribution in [0.1, 0.15) is 17.0 Å². The number of ether oxygens (including phenoxy) is 1. The van der Waals surface area contributed by atoms with Crippen LogP contribution in [0.2, 0.25) is 0 Å². The van der Waals surface area contributed by atoms with E-state index in [0.29, 0.717) is 19.5 Å². The lowest BCUT2D eigenvalue weighted by atomic mass is 10.2. The average molecular weight is 313 g/mol. The highest BCUT2D eigenvalue weighted by Gasteiger charge is 2.40. The zero-order valence-corrected chi connectivity index (χ0v) is 13.1. The van der Waals surface area contributed by atoms with Crippen molar-refractivity contribution in [1.29, 1.82) is 0 Å². The van der Waals surface area contributed by atoms with Crippen LogP contribution >= 0.6 is 11.3 Å². The fraction of sp³-hybridized carbons (Fsp3) is 0.615. The molecule has 2 unspecified atom stereocenters. The normalized spacial score (nSPS) is 21.6. The summed E-state index contributed by atoms with van der Waals surface area (Å²) >= 11 is 1.49. The van der Waals surface area contributed by atoms with Gasteiger partial charge < -0.3 is 19.6 Å². The van der Waals surface area contributed by atoms with E-state index < -0.39 is 12.0 Å². The molecule has 2 amide bonds. The van der Waals surface area contributed by atoms with Gasteiger partial charge in [0.05, 0.1) is 23.9 Å². The second-order valence-electron chi connectivity index (χ2n) is 5.10. The van der Waals surface area contributed by atoms with Gasteiger partial charge in [-0.15, -0.1) is 11.3 Å². The molecule has 2 rings (SSSR count). The highest BCUT2D eigenvalue weighted by molar-refractivity contribution is 7.09.